The Morgan fingerprint density at radius 2 is 2.05 bits per heavy atom. The molecule has 7 heteroatoms. The number of nitro groups is 1. The molecule has 7 nitrogen and oxygen atoms in total. The third kappa shape index (κ3) is 2.59. The van der Waals surface area contributed by atoms with Crippen molar-refractivity contribution in [3.05, 3.63) is 51.8 Å². The molecule has 0 radical (unpaired) electrons. The van der Waals surface area contributed by atoms with E-state index in [-0.39, 0.29) is 12.1 Å². The van der Waals surface area contributed by atoms with Crippen LogP contribution in [0.4, 0.5) is 5.69 Å². The first kappa shape index (κ1) is 12.7. The number of hydrogen-bond acceptors (Lipinski definition) is 4. The van der Waals surface area contributed by atoms with Gasteiger partial charge in [-0.25, -0.2) is 4.68 Å². The minimum Gasteiger partial charge on any atom is -0.481 e. The summed E-state index contributed by atoms with van der Waals surface area (Å²) in [6.07, 6.45) is 1.39. The summed E-state index contributed by atoms with van der Waals surface area (Å²) in [7, 11) is 0. The monoisotopic (exact) mass is 261 g/mol. The van der Waals surface area contributed by atoms with Gasteiger partial charge in [-0.05, 0) is 19.1 Å². The third-order valence-corrected chi connectivity index (χ3v) is 2.76. The van der Waals surface area contributed by atoms with Crippen LogP contribution in [-0.2, 0) is 11.2 Å². The molecule has 1 N–H and O–H groups in total. The summed E-state index contributed by atoms with van der Waals surface area (Å²) in [5, 5.41) is 23.4. The van der Waals surface area contributed by atoms with E-state index in [0.717, 1.165) is 0 Å². The number of hydrogen-bond donors (Lipinski definition) is 1. The van der Waals surface area contributed by atoms with Gasteiger partial charge in [0.15, 0.2) is 0 Å². The Hall–Kier alpha value is -2.70. The van der Waals surface area contributed by atoms with Gasteiger partial charge in [-0.2, -0.15) is 5.10 Å². The van der Waals surface area contributed by atoms with Crippen molar-refractivity contribution in [1.29, 1.82) is 0 Å². The van der Waals surface area contributed by atoms with Crippen LogP contribution in [0, 0.1) is 17.0 Å². The average Bonchev–Trinajstić information content (AvgIpc) is 2.70. The van der Waals surface area contributed by atoms with Crippen LogP contribution < -0.4 is 0 Å². The fourth-order valence-electron chi connectivity index (χ4n) is 1.76. The van der Waals surface area contributed by atoms with E-state index in [4.69, 9.17) is 5.11 Å². The molecule has 98 valence electrons. The van der Waals surface area contributed by atoms with Gasteiger partial charge < -0.3 is 5.11 Å². The molecule has 0 aliphatic rings. The predicted molar refractivity (Wildman–Crippen MR) is 66.3 cm³/mol. The lowest BCUT2D eigenvalue weighted by molar-refractivity contribution is -0.384. The Kier molecular flexibility index (Phi) is 3.28. The number of carboxylic acids is 1. The van der Waals surface area contributed by atoms with Crippen molar-refractivity contribution in [2.45, 2.75) is 13.3 Å². The van der Waals surface area contributed by atoms with E-state index in [1.165, 1.54) is 18.3 Å². The highest BCUT2D eigenvalue weighted by Crippen LogP contribution is 2.18. The molecule has 0 saturated carbocycles. The molecule has 2 rings (SSSR count). The van der Waals surface area contributed by atoms with Crippen molar-refractivity contribution in [1.82, 2.24) is 9.78 Å². The third-order valence-electron chi connectivity index (χ3n) is 2.76. The van der Waals surface area contributed by atoms with Crippen LogP contribution in [-0.4, -0.2) is 25.8 Å². The molecule has 1 aromatic heterocycles. The first-order chi connectivity index (χ1) is 8.99. The zero-order chi connectivity index (χ0) is 14.0. The van der Waals surface area contributed by atoms with Gasteiger partial charge in [-0.3, -0.25) is 14.9 Å². The fourth-order valence-corrected chi connectivity index (χ4v) is 1.76. The number of rotatable bonds is 4. The molecule has 0 fully saturated rings. The summed E-state index contributed by atoms with van der Waals surface area (Å²) in [6, 6.07) is 5.91. The van der Waals surface area contributed by atoms with Crippen LogP contribution in [0.5, 0.6) is 0 Å². The van der Waals surface area contributed by atoms with Gasteiger partial charge in [0, 0.05) is 23.4 Å². The maximum atomic E-state index is 10.7. The number of benzene rings is 1. The molecule has 0 amide bonds. The van der Waals surface area contributed by atoms with Crippen LogP contribution in [0.25, 0.3) is 5.69 Å². The maximum absolute atomic E-state index is 10.7. The van der Waals surface area contributed by atoms with Crippen molar-refractivity contribution >= 4 is 11.7 Å². The topological polar surface area (TPSA) is 98.3 Å². The molecule has 1 aromatic carbocycles. The summed E-state index contributed by atoms with van der Waals surface area (Å²) in [5.41, 5.74) is 1.97. The SMILES string of the molecule is Cc1c(CC(=O)O)cnn1-c1ccc([N+](=O)[O-])cc1. The summed E-state index contributed by atoms with van der Waals surface area (Å²) in [6.45, 7) is 1.76. The van der Waals surface area contributed by atoms with Crippen molar-refractivity contribution in [3.63, 3.8) is 0 Å². The number of carboxylic acid groups (broad SMARTS) is 1. The lowest BCUT2D eigenvalue weighted by Crippen LogP contribution is -2.03. The molecule has 1 heterocycles. The van der Waals surface area contributed by atoms with Gasteiger partial charge in [0.1, 0.15) is 0 Å². The fraction of sp³-hybridized carbons (Fsp3) is 0.167. The summed E-state index contributed by atoms with van der Waals surface area (Å²) < 4.78 is 1.56. The minimum atomic E-state index is -0.925. The normalized spacial score (nSPS) is 10.4. The minimum absolute atomic E-state index is 0.000631. The molecular formula is C12H11N3O4. The summed E-state index contributed by atoms with van der Waals surface area (Å²) in [5.74, 6) is -0.925. The molecule has 0 atom stereocenters. The number of aromatic nitrogens is 2. The van der Waals surface area contributed by atoms with Crippen molar-refractivity contribution < 1.29 is 14.8 Å². The number of non-ortho nitro benzene ring substituents is 1. The van der Waals surface area contributed by atoms with E-state index in [1.807, 2.05) is 0 Å². The molecule has 0 aliphatic carbocycles. The van der Waals surface area contributed by atoms with Crippen LogP contribution in [0.15, 0.2) is 30.5 Å². The van der Waals surface area contributed by atoms with E-state index in [2.05, 4.69) is 5.10 Å². The van der Waals surface area contributed by atoms with Gasteiger partial charge in [0.2, 0.25) is 0 Å². The first-order valence-electron chi connectivity index (χ1n) is 5.49. The van der Waals surface area contributed by atoms with E-state index >= 15 is 0 Å². The van der Waals surface area contributed by atoms with Crippen LogP contribution in [0.2, 0.25) is 0 Å². The Labute approximate surface area is 108 Å². The number of aliphatic carboxylic acids is 1. The Morgan fingerprint density at radius 3 is 2.58 bits per heavy atom. The van der Waals surface area contributed by atoms with Crippen molar-refractivity contribution in [2.75, 3.05) is 0 Å². The van der Waals surface area contributed by atoms with E-state index < -0.39 is 10.9 Å². The van der Waals surface area contributed by atoms with Crippen LogP contribution in [0.3, 0.4) is 0 Å². The van der Waals surface area contributed by atoms with E-state index in [0.29, 0.717) is 16.9 Å². The second kappa shape index (κ2) is 4.89. The van der Waals surface area contributed by atoms with Crippen LogP contribution >= 0.6 is 0 Å². The molecule has 19 heavy (non-hydrogen) atoms. The lowest BCUT2D eigenvalue weighted by atomic mass is 10.2. The second-order valence-electron chi connectivity index (χ2n) is 4.01. The van der Waals surface area contributed by atoms with Gasteiger partial charge in [0.25, 0.3) is 5.69 Å². The van der Waals surface area contributed by atoms with Crippen molar-refractivity contribution in [2.24, 2.45) is 0 Å². The summed E-state index contributed by atoms with van der Waals surface area (Å²) in [4.78, 5) is 20.8. The second-order valence-corrected chi connectivity index (χ2v) is 4.01. The lowest BCUT2D eigenvalue weighted by Gasteiger charge is -2.04. The molecule has 0 saturated heterocycles. The van der Waals surface area contributed by atoms with Crippen molar-refractivity contribution in [3.8, 4) is 5.69 Å². The summed E-state index contributed by atoms with van der Waals surface area (Å²) >= 11 is 0. The molecular weight excluding hydrogens is 250 g/mol. The highest BCUT2D eigenvalue weighted by Gasteiger charge is 2.12. The van der Waals surface area contributed by atoms with E-state index in [9.17, 15) is 14.9 Å². The molecule has 0 aliphatic heterocycles. The van der Waals surface area contributed by atoms with Crippen LogP contribution in [0.1, 0.15) is 11.3 Å². The van der Waals surface area contributed by atoms with Gasteiger partial charge >= 0.3 is 5.97 Å². The number of carbonyl (C=O) groups is 1. The Morgan fingerprint density at radius 1 is 1.42 bits per heavy atom. The molecule has 0 spiro atoms. The quantitative estimate of drug-likeness (QED) is 0.667. The standard InChI is InChI=1S/C12H11N3O4/c1-8-9(6-12(16)17)7-13-14(8)10-2-4-11(5-3-10)15(18)19/h2-5,7H,6H2,1H3,(H,16,17). The highest BCUT2D eigenvalue weighted by atomic mass is 16.6. The van der Waals surface area contributed by atoms with Gasteiger partial charge in [-0.15, -0.1) is 0 Å². The Bertz CT molecular complexity index is 631. The Balaban J connectivity index is 2.34. The highest BCUT2D eigenvalue weighted by molar-refractivity contribution is 5.70. The largest absolute Gasteiger partial charge is 0.481 e. The van der Waals surface area contributed by atoms with E-state index in [1.54, 1.807) is 23.7 Å². The molecule has 0 bridgehead atoms. The number of nitro benzene ring substituents is 1. The smallest absolute Gasteiger partial charge is 0.307 e. The first-order valence-corrected chi connectivity index (χ1v) is 5.49. The van der Waals surface area contributed by atoms with Gasteiger partial charge in [0.05, 0.1) is 23.2 Å². The van der Waals surface area contributed by atoms with Gasteiger partial charge in [-0.1, -0.05) is 0 Å². The zero-order valence-electron chi connectivity index (χ0n) is 10.1. The average molecular weight is 261 g/mol. The maximum Gasteiger partial charge on any atom is 0.307 e. The molecule has 2 aromatic rings. The molecule has 0 unspecified atom stereocenters. The predicted octanol–water partition coefficient (Wildman–Crippen LogP) is 1.72. The number of nitrogens with zero attached hydrogens (tertiary/aromatic N) is 3. The zero-order valence-corrected chi connectivity index (χ0v) is 10.1.